The number of rotatable bonds is 2. The van der Waals surface area contributed by atoms with Gasteiger partial charge in [0.15, 0.2) is 11.6 Å². The number of carbonyl (C=O) groups excluding carboxylic acids is 2. The molecule has 0 aliphatic carbocycles. The Morgan fingerprint density at radius 3 is 2.44 bits per heavy atom. The predicted molar refractivity (Wildman–Crippen MR) is 90.7 cm³/mol. The van der Waals surface area contributed by atoms with Gasteiger partial charge >= 0.3 is 6.09 Å². The minimum absolute atomic E-state index is 0.0128. The van der Waals surface area contributed by atoms with E-state index in [1.165, 1.54) is 12.3 Å². The Bertz CT molecular complexity index is 657. The van der Waals surface area contributed by atoms with Crippen molar-refractivity contribution in [1.29, 1.82) is 0 Å². The second kappa shape index (κ2) is 6.73. The molecule has 25 heavy (non-hydrogen) atoms. The number of hydrogen-bond donors (Lipinski definition) is 0. The van der Waals surface area contributed by atoms with Crippen molar-refractivity contribution in [3.63, 3.8) is 0 Å². The lowest BCUT2D eigenvalue weighted by Gasteiger charge is -2.48. The van der Waals surface area contributed by atoms with Crippen LogP contribution in [0.25, 0.3) is 0 Å². The van der Waals surface area contributed by atoms with Crippen molar-refractivity contribution < 1.29 is 18.7 Å². The van der Waals surface area contributed by atoms with Crippen LogP contribution in [-0.2, 0) is 4.74 Å². The molecule has 5 nitrogen and oxygen atoms in total. The number of nitrogens with zero attached hydrogens (tertiary/aromatic N) is 2. The Kier molecular flexibility index (Phi) is 4.80. The van der Waals surface area contributed by atoms with E-state index in [-0.39, 0.29) is 35.4 Å². The molecule has 1 aromatic heterocycles. The van der Waals surface area contributed by atoms with Crippen LogP contribution in [0.15, 0.2) is 18.5 Å². The highest BCUT2D eigenvalue weighted by atomic mass is 19.1. The maximum atomic E-state index is 13.9. The van der Waals surface area contributed by atoms with Crippen LogP contribution in [0.3, 0.4) is 0 Å². The first-order valence-corrected chi connectivity index (χ1v) is 8.91. The third-order valence-corrected chi connectivity index (χ3v) is 4.99. The quantitative estimate of drug-likeness (QED) is 0.759. The van der Waals surface area contributed by atoms with Gasteiger partial charge in [0.1, 0.15) is 5.60 Å². The molecule has 0 N–H and O–H groups in total. The minimum atomic E-state index is -0.577. The number of fused-ring (bicyclic) bond motifs is 2. The van der Waals surface area contributed by atoms with Gasteiger partial charge in [-0.25, -0.2) is 9.18 Å². The van der Waals surface area contributed by atoms with Gasteiger partial charge in [-0.2, -0.15) is 0 Å². The van der Waals surface area contributed by atoms with Crippen LogP contribution in [0.4, 0.5) is 9.18 Å². The Morgan fingerprint density at radius 2 is 1.88 bits per heavy atom. The highest BCUT2D eigenvalue weighted by Crippen LogP contribution is 2.39. The monoisotopic (exact) mass is 348 g/mol. The van der Waals surface area contributed by atoms with Gasteiger partial charge in [0, 0.05) is 24.2 Å². The minimum Gasteiger partial charge on any atom is -0.444 e. The van der Waals surface area contributed by atoms with E-state index in [1.54, 1.807) is 0 Å². The number of halogens is 1. The fourth-order valence-electron chi connectivity index (χ4n) is 4.00. The molecule has 6 heteroatoms. The van der Waals surface area contributed by atoms with Gasteiger partial charge in [0.25, 0.3) is 0 Å². The molecule has 3 rings (SSSR count). The van der Waals surface area contributed by atoms with Crippen LogP contribution in [0.2, 0.25) is 0 Å². The van der Waals surface area contributed by atoms with E-state index in [0.717, 1.165) is 25.5 Å². The molecule has 2 saturated heterocycles. The third-order valence-electron chi connectivity index (χ3n) is 4.99. The van der Waals surface area contributed by atoms with E-state index in [1.807, 2.05) is 25.7 Å². The molecule has 2 fully saturated rings. The van der Waals surface area contributed by atoms with Gasteiger partial charge in [-0.15, -0.1) is 0 Å². The summed E-state index contributed by atoms with van der Waals surface area (Å²) in [6, 6.07) is 1.41. The smallest absolute Gasteiger partial charge is 0.410 e. The van der Waals surface area contributed by atoms with Crippen LogP contribution in [0, 0.1) is 11.7 Å². The number of ether oxygens (including phenoxy) is 1. The molecule has 0 spiro atoms. The van der Waals surface area contributed by atoms with Crippen LogP contribution in [0.5, 0.6) is 0 Å². The number of pyridine rings is 1. The lowest BCUT2D eigenvalue weighted by atomic mass is 9.76. The Labute approximate surface area is 147 Å². The molecule has 2 bridgehead atoms. The molecule has 0 saturated carbocycles. The fraction of sp³-hybridized carbons (Fsp3) is 0.632. The van der Waals surface area contributed by atoms with Crippen LogP contribution < -0.4 is 0 Å². The molecule has 2 unspecified atom stereocenters. The molecular weight excluding hydrogens is 323 g/mol. The largest absolute Gasteiger partial charge is 0.444 e. The molecule has 2 aliphatic heterocycles. The lowest BCUT2D eigenvalue weighted by molar-refractivity contribution is -0.0261. The van der Waals surface area contributed by atoms with Gasteiger partial charge in [-0.1, -0.05) is 0 Å². The van der Waals surface area contributed by atoms with E-state index in [2.05, 4.69) is 4.98 Å². The van der Waals surface area contributed by atoms with E-state index >= 15 is 0 Å². The Morgan fingerprint density at radius 1 is 1.24 bits per heavy atom. The first-order chi connectivity index (χ1) is 11.8. The molecule has 0 radical (unpaired) electrons. The molecule has 2 aliphatic rings. The average Bonchev–Trinajstić information content (AvgIpc) is 2.51. The van der Waals surface area contributed by atoms with Crippen LogP contribution >= 0.6 is 0 Å². The van der Waals surface area contributed by atoms with Gasteiger partial charge in [0.2, 0.25) is 0 Å². The van der Waals surface area contributed by atoms with E-state index in [9.17, 15) is 14.0 Å². The highest BCUT2D eigenvalue weighted by Gasteiger charge is 2.44. The topological polar surface area (TPSA) is 59.5 Å². The van der Waals surface area contributed by atoms with Crippen molar-refractivity contribution in [3.8, 4) is 0 Å². The number of amides is 1. The molecule has 2 atom stereocenters. The normalized spacial score (nSPS) is 26.2. The molecule has 0 aromatic carbocycles. The summed E-state index contributed by atoms with van der Waals surface area (Å²) in [5.74, 6) is -1.02. The molecule has 3 heterocycles. The standard InChI is InChI=1S/C19H25FN2O3/c1-19(2,3)25-18(24)22-13-5-4-6-14(22)10-12(9-13)17(23)15-7-8-21-11-16(15)20/h7-8,11-14H,4-6,9-10H2,1-3H3. The van der Waals surface area contributed by atoms with E-state index < -0.39 is 11.4 Å². The fourth-order valence-corrected chi connectivity index (χ4v) is 4.00. The molecule has 136 valence electrons. The SMILES string of the molecule is CC(C)(C)OC(=O)N1C2CCCC1CC(C(=O)c1ccncc1F)C2. The number of piperidine rings is 2. The Balaban J connectivity index is 1.76. The van der Waals surface area contributed by atoms with Crippen molar-refractivity contribution in [2.45, 2.75) is 70.6 Å². The average molecular weight is 348 g/mol. The molecular formula is C19H25FN2O3. The molecule has 1 amide bonds. The first-order valence-electron chi connectivity index (χ1n) is 8.91. The highest BCUT2D eigenvalue weighted by molar-refractivity contribution is 5.98. The van der Waals surface area contributed by atoms with Crippen LogP contribution in [-0.4, -0.2) is 39.4 Å². The van der Waals surface area contributed by atoms with Gasteiger partial charge in [-0.3, -0.25) is 9.78 Å². The van der Waals surface area contributed by atoms with Crippen LogP contribution in [0.1, 0.15) is 63.2 Å². The van der Waals surface area contributed by atoms with Crippen molar-refractivity contribution >= 4 is 11.9 Å². The van der Waals surface area contributed by atoms with Gasteiger partial charge in [0.05, 0.1) is 11.8 Å². The predicted octanol–water partition coefficient (Wildman–Crippen LogP) is 3.97. The molecule has 1 aromatic rings. The first kappa shape index (κ1) is 17.8. The summed E-state index contributed by atoms with van der Waals surface area (Å²) in [5.41, 5.74) is -0.443. The second-order valence-electron chi connectivity index (χ2n) is 8.01. The number of hydrogen-bond acceptors (Lipinski definition) is 4. The summed E-state index contributed by atoms with van der Waals surface area (Å²) in [6.07, 6.45) is 6.10. The lowest BCUT2D eigenvalue weighted by Crippen LogP contribution is -2.56. The third kappa shape index (κ3) is 3.83. The summed E-state index contributed by atoms with van der Waals surface area (Å²) >= 11 is 0. The van der Waals surface area contributed by atoms with Crippen molar-refractivity contribution in [1.82, 2.24) is 9.88 Å². The summed E-state index contributed by atoms with van der Waals surface area (Å²) in [7, 11) is 0. The van der Waals surface area contributed by atoms with Gasteiger partial charge < -0.3 is 9.64 Å². The second-order valence-corrected chi connectivity index (χ2v) is 8.01. The van der Waals surface area contributed by atoms with Crippen molar-refractivity contribution in [2.75, 3.05) is 0 Å². The maximum absolute atomic E-state index is 13.9. The van der Waals surface area contributed by atoms with Crippen molar-refractivity contribution in [2.24, 2.45) is 5.92 Å². The van der Waals surface area contributed by atoms with E-state index in [0.29, 0.717) is 12.8 Å². The van der Waals surface area contributed by atoms with E-state index in [4.69, 9.17) is 4.74 Å². The number of carbonyl (C=O) groups is 2. The van der Waals surface area contributed by atoms with Gasteiger partial charge in [-0.05, 0) is 58.9 Å². The number of aromatic nitrogens is 1. The zero-order chi connectivity index (χ0) is 18.2. The maximum Gasteiger partial charge on any atom is 0.410 e. The number of Topliss-reactive ketones (excluding diaryl/α,β-unsaturated/α-hetero) is 1. The zero-order valence-corrected chi connectivity index (χ0v) is 15.0. The Hall–Kier alpha value is -1.98. The van der Waals surface area contributed by atoms with Crippen molar-refractivity contribution in [3.05, 3.63) is 29.8 Å². The summed E-state index contributed by atoms with van der Waals surface area (Å²) in [5, 5.41) is 0. The zero-order valence-electron chi connectivity index (χ0n) is 15.0. The summed E-state index contributed by atoms with van der Waals surface area (Å²) < 4.78 is 19.5. The number of ketones is 1. The summed E-state index contributed by atoms with van der Waals surface area (Å²) in [6.45, 7) is 5.55. The summed E-state index contributed by atoms with van der Waals surface area (Å²) in [4.78, 5) is 30.9.